The van der Waals surface area contributed by atoms with E-state index in [4.69, 9.17) is 4.74 Å². The third kappa shape index (κ3) is 3.45. The smallest absolute Gasteiger partial charge is 0.410 e. The van der Waals surface area contributed by atoms with Gasteiger partial charge in [-0.25, -0.2) is 4.79 Å². The van der Waals surface area contributed by atoms with Crippen molar-refractivity contribution in [1.29, 1.82) is 0 Å². The molecule has 0 atom stereocenters. The molecule has 1 fully saturated rings. The molecule has 1 amide bonds. The van der Waals surface area contributed by atoms with Crippen molar-refractivity contribution in [2.24, 2.45) is 0 Å². The summed E-state index contributed by atoms with van der Waals surface area (Å²) in [5.74, 6) is 0.387. The number of rotatable bonds is 1. The molecule has 0 spiro atoms. The van der Waals surface area contributed by atoms with Gasteiger partial charge in [0.15, 0.2) is 0 Å². The van der Waals surface area contributed by atoms with Crippen LogP contribution in [0.2, 0.25) is 0 Å². The average Bonchev–Trinajstić information content (AvgIpc) is 2.73. The van der Waals surface area contributed by atoms with E-state index < -0.39 is 5.60 Å². The molecule has 106 valence electrons. The molecule has 0 aromatic carbocycles. The fraction of sp³-hybridized carbons (Fsp3) is 0.769. The summed E-state index contributed by atoms with van der Waals surface area (Å²) in [6, 6.07) is 0. The van der Waals surface area contributed by atoms with Crippen molar-refractivity contribution >= 4 is 6.09 Å². The summed E-state index contributed by atoms with van der Waals surface area (Å²) in [5, 5.41) is 10.9. The first-order chi connectivity index (χ1) is 8.87. The van der Waals surface area contributed by atoms with Gasteiger partial charge in [0.1, 0.15) is 5.60 Å². The van der Waals surface area contributed by atoms with Gasteiger partial charge in [0.2, 0.25) is 0 Å². The highest BCUT2D eigenvalue weighted by Crippen LogP contribution is 2.28. The van der Waals surface area contributed by atoms with Gasteiger partial charge in [0, 0.05) is 19.0 Å². The number of aromatic nitrogens is 3. The zero-order valence-electron chi connectivity index (χ0n) is 12.1. The molecule has 0 unspecified atom stereocenters. The molecule has 0 aliphatic carbocycles. The lowest BCUT2D eigenvalue weighted by Gasteiger charge is -2.32. The molecule has 1 aromatic rings. The van der Waals surface area contributed by atoms with Crippen molar-refractivity contribution in [3.8, 4) is 0 Å². The highest BCUT2D eigenvalue weighted by atomic mass is 16.6. The molecule has 1 N–H and O–H groups in total. The number of hydrogen-bond acceptors (Lipinski definition) is 4. The topological polar surface area (TPSA) is 71.1 Å². The van der Waals surface area contributed by atoms with Gasteiger partial charge in [-0.2, -0.15) is 15.4 Å². The van der Waals surface area contributed by atoms with Gasteiger partial charge < -0.3 is 9.64 Å². The summed E-state index contributed by atoms with van der Waals surface area (Å²) in [4.78, 5) is 13.7. The van der Waals surface area contributed by atoms with Crippen LogP contribution in [0.3, 0.4) is 0 Å². The number of nitrogens with one attached hydrogen (secondary N) is 1. The van der Waals surface area contributed by atoms with Crippen molar-refractivity contribution < 1.29 is 9.53 Å². The summed E-state index contributed by atoms with van der Waals surface area (Å²) in [6.45, 7) is 9.04. The van der Waals surface area contributed by atoms with E-state index in [1.54, 1.807) is 4.90 Å². The van der Waals surface area contributed by atoms with Gasteiger partial charge in [-0.15, -0.1) is 0 Å². The van der Waals surface area contributed by atoms with E-state index in [0.29, 0.717) is 19.0 Å². The predicted octanol–water partition coefficient (Wildman–Crippen LogP) is 2.23. The largest absolute Gasteiger partial charge is 0.444 e. The number of carbonyl (C=O) groups is 1. The number of nitrogens with zero attached hydrogens (tertiary/aromatic N) is 3. The maximum Gasteiger partial charge on any atom is 0.410 e. The summed E-state index contributed by atoms with van der Waals surface area (Å²) in [5.41, 5.74) is 1.55. The van der Waals surface area contributed by atoms with Crippen LogP contribution in [0.4, 0.5) is 4.79 Å². The average molecular weight is 266 g/mol. The predicted molar refractivity (Wildman–Crippen MR) is 70.9 cm³/mol. The fourth-order valence-electron chi connectivity index (χ4n) is 2.34. The first-order valence-corrected chi connectivity index (χ1v) is 6.72. The van der Waals surface area contributed by atoms with Crippen LogP contribution in [-0.2, 0) is 4.74 Å². The van der Waals surface area contributed by atoms with Crippen LogP contribution in [-0.4, -0.2) is 45.1 Å². The number of aryl methyl sites for hydroxylation is 1. The Labute approximate surface area is 113 Å². The summed E-state index contributed by atoms with van der Waals surface area (Å²) < 4.78 is 5.38. The lowest BCUT2D eigenvalue weighted by molar-refractivity contribution is 0.0204. The van der Waals surface area contributed by atoms with E-state index in [9.17, 15) is 4.79 Å². The minimum Gasteiger partial charge on any atom is -0.444 e. The van der Waals surface area contributed by atoms with Gasteiger partial charge in [0.05, 0.1) is 11.4 Å². The zero-order valence-corrected chi connectivity index (χ0v) is 12.1. The van der Waals surface area contributed by atoms with Crippen LogP contribution in [0.5, 0.6) is 0 Å². The lowest BCUT2D eigenvalue weighted by Crippen LogP contribution is -2.41. The van der Waals surface area contributed by atoms with Gasteiger partial charge in [0.25, 0.3) is 0 Å². The molecule has 19 heavy (non-hydrogen) atoms. The first kappa shape index (κ1) is 13.8. The van der Waals surface area contributed by atoms with E-state index >= 15 is 0 Å². The Morgan fingerprint density at radius 1 is 1.32 bits per heavy atom. The van der Waals surface area contributed by atoms with Gasteiger partial charge >= 0.3 is 6.09 Å². The molecule has 1 aliphatic rings. The maximum atomic E-state index is 11.9. The van der Waals surface area contributed by atoms with Crippen LogP contribution in [0, 0.1) is 6.92 Å². The molecule has 0 saturated carbocycles. The Balaban J connectivity index is 1.89. The molecule has 6 nitrogen and oxygen atoms in total. The first-order valence-electron chi connectivity index (χ1n) is 6.72. The van der Waals surface area contributed by atoms with E-state index in [1.165, 1.54) is 0 Å². The van der Waals surface area contributed by atoms with Crippen LogP contribution in [0.25, 0.3) is 0 Å². The van der Waals surface area contributed by atoms with Crippen molar-refractivity contribution in [3.05, 3.63) is 11.4 Å². The molecule has 6 heteroatoms. The number of ether oxygens (including phenoxy) is 1. The number of piperidine rings is 1. The second-order valence-electron chi connectivity index (χ2n) is 6.04. The van der Waals surface area contributed by atoms with E-state index in [-0.39, 0.29) is 6.09 Å². The van der Waals surface area contributed by atoms with Crippen LogP contribution in [0.1, 0.15) is 50.9 Å². The SMILES string of the molecule is Cc1n[nH]nc1C1CCN(C(=O)OC(C)(C)C)CC1. The molecule has 1 aromatic heterocycles. The van der Waals surface area contributed by atoms with E-state index in [0.717, 1.165) is 24.2 Å². The van der Waals surface area contributed by atoms with Crippen molar-refractivity contribution in [3.63, 3.8) is 0 Å². The number of hydrogen-bond donors (Lipinski definition) is 1. The van der Waals surface area contributed by atoms with Gasteiger partial charge in [-0.05, 0) is 40.5 Å². The van der Waals surface area contributed by atoms with Crippen molar-refractivity contribution in [2.75, 3.05) is 13.1 Å². The van der Waals surface area contributed by atoms with E-state index in [1.807, 2.05) is 27.7 Å². The number of likely N-dealkylation sites (tertiary alicyclic amines) is 1. The second-order valence-corrected chi connectivity index (χ2v) is 6.04. The minimum atomic E-state index is -0.434. The second kappa shape index (κ2) is 5.19. The normalized spacial score (nSPS) is 17.6. The number of aromatic amines is 1. The van der Waals surface area contributed by atoms with Crippen LogP contribution < -0.4 is 0 Å². The Morgan fingerprint density at radius 3 is 2.42 bits per heavy atom. The minimum absolute atomic E-state index is 0.220. The molecule has 0 bridgehead atoms. The van der Waals surface area contributed by atoms with Crippen LogP contribution >= 0.6 is 0 Å². The molecule has 2 rings (SSSR count). The Morgan fingerprint density at radius 2 is 1.95 bits per heavy atom. The standard InChI is InChI=1S/C13H22N4O2/c1-9-11(15-16-14-9)10-5-7-17(8-6-10)12(18)19-13(2,3)4/h10H,5-8H2,1-4H3,(H,14,15,16). The van der Waals surface area contributed by atoms with Gasteiger partial charge in [-0.3, -0.25) is 0 Å². The molecule has 1 saturated heterocycles. The van der Waals surface area contributed by atoms with E-state index in [2.05, 4.69) is 15.4 Å². The molecule has 1 aliphatic heterocycles. The molecular formula is C13H22N4O2. The molecular weight excluding hydrogens is 244 g/mol. The third-order valence-corrected chi connectivity index (χ3v) is 3.29. The highest BCUT2D eigenvalue weighted by Gasteiger charge is 2.29. The van der Waals surface area contributed by atoms with Crippen LogP contribution in [0.15, 0.2) is 0 Å². The molecule has 0 radical (unpaired) electrons. The number of amides is 1. The number of carbonyl (C=O) groups excluding carboxylic acids is 1. The summed E-state index contributed by atoms with van der Waals surface area (Å²) >= 11 is 0. The fourth-order valence-corrected chi connectivity index (χ4v) is 2.34. The number of H-pyrrole nitrogens is 1. The van der Waals surface area contributed by atoms with Crippen molar-refractivity contribution in [2.45, 2.75) is 52.1 Å². The lowest BCUT2D eigenvalue weighted by atomic mass is 9.93. The summed E-state index contributed by atoms with van der Waals surface area (Å²) in [7, 11) is 0. The highest BCUT2D eigenvalue weighted by molar-refractivity contribution is 5.68. The Bertz CT molecular complexity index is 442. The zero-order chi connectivity index (χ0) is 14.0. The Hall–Kier alpha value is -1.59. The molecule has 2 heterocycles. The third-order valence-electron chi connectivity index (χ3n) is 3.29. The quantitative estimate of drug-likeness (QED) is 0.846. The monoisotopic (exact) mass is 266 g/mol. The maximum absolute atomic E-state index is 11.9. The Kier molecular flexibility index (Phi) is 3.78. The summed E-state index contributed by atoms with van der Waals surface area (Å²) in [6.07, 6.45) is 1.60. The van der Waals surface area contributed by atoms with Crippen molar-refractivity contribution in [1.82, 2.24) is 20.3 Å². The van der Waals surface area contributed by atoms with Gasteiger partial charge in [-0.1, -0.05) is 0 Å².